The predicted octanol–water partition coefficient (Wildman–Crippen LogP) is 1.82. The largest absolute Gasteiger partial charge is 0.397 e. The highest BCUT2D eigenvalue weighted by Gasteiger charge is 2.15. The molecule has 106 valence electrons. The number of ether oxygens (including phenoxy) is 2. The van der Waals surface area contributed by atoms with Gasteiger partial charge in [0.2, 0.25) is 5.91 Å². The van der Waals surface area contributed by atoms with E-state index in [4.69, 9.17) is 15.2 Å². The molecule has 0 aliphatic carbocycles. The highest BCUT2D eigenvalue weighted by molar-refractivity contribution is 5.94. The number of nitrogen functional groups attached to an aromatic ring is 1. The van der Waals surface area contributed by atoms with Gasteiger partial charge in [-0.15, -0.1) is 12.4 Å². The lowest BCUT2D eigenvalue weighted by atomic mass is 10.1. The molecule has 0 atom stereocenters. The molecular formula is C13H19ClN2O3. The summed E-state index contributed by atoms with van der Waals surface area (Å²) in [6, 6.07) is 7.16. The summed E-state index contributed by atoms with van der Waals surface area (Å²) >= 11 is 0. The van der Waals surface area contributed by atoms with Gasteiger partial charge >= 0.3 is 0 Å². The number of carbonyl (C=O) groups excluding carboxylic acids is 1. The third-order valence-corrected chi connectivity index (χ3v) is 2.85. The van der Waals surface area contributed by atoms with Gasteiger partial charge in [0.1, 0.15) is 6.61 Å². The summed E-state index contributed by atoms with van der Waals surface area (Å²) < 4.78 is 10.7. The number of hydrogen-bond donors (Lipinski definition) is 2. The van der Waals surface area contributed by atoms with Crippen LogP contribution in [-0.4, -0.2) is 31.8 Å². The molecular weight excluding hydrogens is 268 g/mol. The van der Waals surface area contributed by atoms with Crippen LogP contribution in [0.5, 0.6) is 0 Å². The molecule has 1 fully saturated rings. The summed E-state index contributed by atoms with van der Waals surface area (Å²) in [6.45, 7) is 1.47. The number of rotatable bonds is 4. The van der Waals surface area contributed by atoms with Gasteiger partial charge in [-0.3, -0.25) is 4.79 Å². The van der Waals surface area contributed by atoms with Gasteiger partial charge in [-0.25, -0.2) is 0 Å². The lowest BCUT2D eigenvalue weighted by Gasteiger charge is -2.22. The van der Waals surface area contributed by atoms with Crippen molar-refractivity contribution in [3.63, 3.8) is 0 Å². The van der Waals surface area contributed by atoms with E-state index in [0.29, 0.717) is 24.6 Å². The monoisotopic (exact) mass is 286 g/mol. The normalized spacial score (nSPS) is 15.6. The van der Waals surface area contributed by atoms with Crippen molar-refractivity contribution in [2.24, 2.45) is 0 Å². The van der Waals surface area contributed by atoms with Crippen LogP contribution in [-0.2, 0) is 14.3 Å². The maximum atomic E-state index is 11.7. The fraction of sp³-hybridized carbons (Fsp3) is 0.462. The highest BCUT2D eigenvalue weighted by atomic mass is 35.5. The molecule has 0 unspecified atom stereocenters. The Morgan fingerprint density at radius 3 is 2.74 bits per heavy atom. The van der Waals surface area contributed by atoms with Crippen molar-refractivity contribution in [2.45, 2.75) is 18.9 Å². The van der Waals surface area contributed by atoms with E-state index in [1.165, 1.54) is 0 Å². The van der Waals surface area contributed by atoms with Gasteiger partial charge in [-0.05, 0) is 25.0 Å². The first kappa shape index (κ1) is 15.8. The lowest BCUT2D eigenvalue weighted by molar-refractivity contribution is -0.124. The second-order valence-corrected chi connectivity index (χ2v) is 4.26. The molecule has 1 aromatic rings. The fourth-order valence-electron chi connectivity index (χ4n) is 1.83. The third kappa shape index (κ3) is 5.06. The Hall–Kier alpha value is -1.30. The summed E-state index contributed by atoms with van der Waals surface area (Å²) in [5, 5.41) is 2.73. The summed E-state index contributed by atoms with van der Waals surface area (Å²) in [4.78, 5) is 11.7. The van der Waals surface area contributed by atoms with Crippen LogP contribution in [0.2, 0.25) is 0 Å². The van der Waals surface area contributed by atoms with Crippen LogP contribution < -0.4 is 11.1 Å². The Kier molecular flexibility index (Phi) is 6.62. The van der Waals surface area contributed by atoms with Gasteiger partial charge in [0.05, 0.1) is 17.5 Å². The van der Waals surface area contributed by atoms with Crippen molar-refractivity contribution in [1.29, 1.82) is 0 Å². The number of halogens is 1. The van der Waals surface area contributed by atoms with Gasteiger partial charge in [0.25, 0.3) is 0 Å². The van der Waals surface area contributed by atoms with Gasteiger partial charge in [-0.2, -0.15) is 0 Å². The Morgan fingerprint density at radius 1 is 1.37 bits per heavy atom. The fourth-order valence-corrected chi connectivity index (χ4v) is 1.83. The molecule has 0 aromatic heterocycles. The maximum absolute atomic E-state index is 11.7. The number of benzene rings is 1. The van der Waals surface area contributed by atoms with Crippen molar-refractivity contribution >= 4 is 29.7 Å². The average Bonchev–Trinajstić information content (AvgIpc) is 2.40. The molecule has 1 aromatic carbocycles. The molecule has 0 saturated carbocycles. The Labute approximate surface area is 118 Å². The molecule has 1 saturated heterocycles. The number of hydrogen-bond acceptors (Lipinski definition) is 4. The average molecular weight is 287 g/mol. The quantitative estimate of drug-likeness (QED) is 0.828. The first-order chi connectivity index (χ1) is 8.75. The molecule has 0 radical (unpaired) electrons. The minimum atomic E-state index is -0.181. The van der Waals surface area contributed by atoms with E-state index in [9.17, 15) is 4.79 Å². The highest BCUT2D eigenvalue weighted by Crippen LogP contribution is 2.16. The number of nitrogens with one attached hydrogen (secondary N) is 1. The van der Waals surface area contributed by atoms with Crippen molar-refractivity contribution in [1.82, 2.24) is 0 Å². The number of para-hydroxylation sites is 2. The zero-order chi connectivity index (χ0) is 12.8. The van der Waals surface area contributed by atoms with Crippen LogP contribution in [0.3, 0.4) is 0 Å². The minimum Gasteiger partial charge on any atom is -0.397 e. The van der Waals surface area contributed by atoms with Gasteiger partial charge in [0, 0.05) is 13.2 Å². The van der Waals surface area contributed by atoms with Crippen LogP contribution >= 0.6 is 12.4 Å². The first-order valence-electron chi connectivity index (χ1n) is 6.09. The van der Waals surface area contributed by atoms with E-state index in [1.807, 2.05) is 12.1 Å². The summed E-state index contributed by atoms with van der Waals surface area (Å²) in [7, 11) is 0. The smallest absolute Gasteiger partial charge is 0.250 e. The molecule has 6 heteroatoms. The number of amides is 1. The number of carbonyl (C=O) groups is 1. The Bertz CT molecular complexity index is 409. The molecule has 1 amide bonds. The van der Waals surface area contributed by atoms with Crippen molar-refractivity contribution in [3.05, 3.63) is 24.3 Å². The van der Waals surface area contributed by atoms with E-state index >= 15 is 0 Å². The Morgan fingerprint density at radius 2 is 2.05 bits per heavy atom. The minimum absolute atomic E-state index is 0. The SMILES string of the molecule is Cl.Nc1ccccc1NC(=O)COC1CCOCC1. The van der Waals surface area contributed by atoms with Crippen LogP contribution in [0.1, 0.15) is 12.8 Å². The molecule has 19 heavy (non-hydrogen) atoms. The van der Waals surface area contributed by atoms with Gasteiger partial charge < -0.3 is 20.5 Å². The molecule has 1 aliphatic heterocycles. The molecule has 5 nitrogen and oxygen atoms in total. The van der Waals surface area contributed by atoms with E-state index in [0.717, 1.165) is 12.8 Å². The van der Waals surface area contributed by atoms with E-state index in [1.54, 1.807) is 12.1 Å². The van der Waals surface area contributed by atoms with Gasteiger partial charge in [0.15, 0.2) is 0 Å². The second-order valence-electron chi connectivity index (χ2n) is 4.26. The van der Waals surface area contributed by atoms with Crippen LogP contribution in [0.4, 0.5) is 11.4 Å². The van der Waals surface area contributed by atoms with Gasteiger partial charge in [-0.1, -0.05) is 12.1 Å². The summed E-state index contributed by atoms with van der Waals surface area (Å²) in [5.41, 5.74) is 6.91. The van der Waals surface area contributed by atoms with E-state index in [2.05, 4.69) is 5.32 Å². The lowest BCUT2D eigenvalue weighted by Crippen LogP contribution is -2.28. The molecule has 0 spiro atoms. The second kappa shape index (κ2) is 7.99. The number of anilines is 2. The first-order valence-corrected chi connectivity index (χ1v) is 6.09. The van der Waals surface area contributed by atoms with E-state index < -0.39 is 0 Å². The maximum Gasteiger partial charge on any atom is 0.250 e. The Balaban J connectivity index is 0.00000180. The molecule has 1 heterocycles. The van der Waals surface area contributed by atoms with Crippen molar-refractivity contribution < 1.29 is 14.3 Å². The zero-order valence-electron chi connectivity index (χ0n) is 10.6. The third-order valence-electron chi connectivity index (χ3n) is 2.85. The van der Waals surface area contributed by atoms with Crippen LogP contribution in [0, 0.1) is 0 Å². The standard InChI is InChI=1S/C13H18N2O3.ClH/c14-11-3-1-2-4-12(11)15-13(16)9-18-10-5-7-17-8-6-10;/h1-4,10H,5-9,14H2,(H,15,16);1H. The summed E-state index contributed by atoms with van der Waals surface area (Å²) in [5.74, 6) is -0.181. The molecule has 0 bridgehead atoms. The topological polar surface area (TPSA) is 73.6 Å². The van der Waals surface area contributed by atoms with Crippen LogP contribution in [0.15, 0.2) is 24.3 Å². The molecule has 1 aliphatic rings. The van der Waals surface area contributed by atoms with Crippen molar-refractivity contribution in [3.8, 4) is 0 Å². The molecule has 3 N–H and O–H groups in total. The van der Waals surface area contributed by atoms with Crippen molar-refractivity contribution in [2.75, 3.05) is 30.9 Å². The zero-order valence-corrected chi connectivity index (χ0v) is 11.4. The summed E-state index contributed by atoms with van der Waals surface area (Å²) in [6.07, 6.45) is 1.82. The number of nitrogens with two attached hydrogens (primary N) is 1. The van der Waals surface area contributed by atoms with E-state index in [-0.39, 0.29) is 31.0 Å². The predicted molar refractivity (Wildman–Crippen MR) is 76.5 cm³/mol. The molecule has 2 rings (SSSR count). The van der Waals surface area contributed by atoms with Crippen LogP contribution in [0.25, 0.3) is 0 Å².